The summed E-state index contributed by atoms with van der Waals surface area (Å²) < 4.78 is 0. The van der Waals surface area contributed by atoms with E-state index in [1.807, 2.05) is 12.1 Å². The van der Waals surface area contributed by atoms with E-state index in [9.17, 15) is 0 Å². The Balaban J connectivity index is 1.32. The molecule has 38 heavy (non-hydrogen) atoms. The van der Waals surface area contributed by atoms with Crippen molar-refractivity contribution in [1.82, 2.24) is 29.8 Å². The average Bonchev–Trinajstić information content (AvgIpc) is 3.47. The molecule has 2 aliphatic heterocycles. The van der Waals surface area contributed by atoms with Crippen molar-refractivity contribution in [3.05, 3.63) is 34.7 Å². The Morgan fingerprint density at radius 1 is 1.11 bits per heavy atom. The zero-order valence-corrected chi connectivity index (χ0v) is 23.4. The third-order valence-electron chi connectivity index (χ3n) is 7.70. The molecule has 1 aromatic carbocycles. The number of hydrogen-bond donors (Lipinski definition) is 3. The van der Waals surface area contributed by atoms with Gasteiger partial charge in [0.05, 0.1) is 22.5 Å². The van der Waals surface area contributed by atoms with Gasteiger partial charge in [-0.25, -0.2) is 19.9 Å². The van der Waals surface area contributed by atoms with Gasteiger partial charge in [0.25, 0.3) is 0 Å². The summed E-state index contributed by atoms with van der Waals surface area (Å²) in [5.41, 5.74) is 15.1. The Hall–Kier alpha value is -2.66. The average molecular weight is 552 g/mol. The van der Waals surface area contributed by atoms with Crippen molar-refractivity contribution in [1.29, 1.82) is 0 Å². The molecule has 0 aliphatic carbocycles. The number of aryl methyl sites for hydroxylation is 1. The highest BCUT2D eigenvalue weighted by Crippen LogP contribution is 2.38. The number of anilines is 2. The Morgan fingerprint density at radius 2 is 1.92 bits per heavy atom. The highest BCUT2D eigenvalue weighted by molar-refractivity contribution is 7.99. The van der Waals surface area contributed by atoms with Gasteiger partial charge in [-0.1, -0.05) is 25.4 Å². The molecule has 200 valence electrons. The van der Waals surface area contributed by atoms with Crippen LogP contribution in [0.5, 0.6) is 0 Å². The lowest BCUT2D eigenvalue weighted by Crippen LogP contribution is -2.33. The summed E-state index contributed by atoms with van der Waals surface area (Å²) in [4.78, 5) is 28.3. The van der Waals surface area contributed by atoms with Gasteiger partial charge in [0, 0.05) is 35.1 Å². The standard InChI is InChI=1S/C27H34ClN9S/c1-3-19-23(28)22-25(32-19)34-27(35-26(22)37-11-8-16(29)13-37)38-17-4-5-18-20(12-17)31-21(33-24(18)30)14-36-9-6-15(2)7-10-36/h4-5,12,15-16H,3,6-11,13-14,29H2,1-2H3,(H2,30,31,33)(H,32,34,35)/t16-/m0/s1. The third kappa shape index (κ3) is 5.02. The highest BCUT2D eigenvalue weighted by Gasteiger charge is 2.26. The van der Waals surface area contributed by atoms with Gasteiger partial charge in [-0.15, -0.1) is 0 Å². The molecule has 4 aromatic rings. The van der Waals surface area contributed by atoms with Gasteiger partial charge < -0.3 is 21.4 Å². The summed E-state index contributed by atoms with van der Waals surface area (Å²) in [6.07, 6.45) is 4.15. The largest absolute Gasteiger partial charge is 0.383 e. The molecule has 2 saturated heterocycles. The molecule has 9 nitrogen and oxygen atoms in total. The molecule has 0 bridgehead atoms. The molecule has 2 aliphatic rings. The summed E-state index contributed by atoms with van der Waals surface area (Å²) in [5, 5.41) is 3.08. The van der Waals surface area contributed by atoms with E-state index in [0.29, 0.717) is 16.0 Å². The second-order valence-corrected chi connectivity index (χ2v) is 12.0. The minimum atomic E-state index is 0.132. The van der Waals surface area contributed by atoms with Crippen LogP contribution >= 0.6 is 23.4 Å². The smallest absolute Gasteiger partial charge is 0.196 e. The molecule has 6 rings (SSSR count). The normalized spacial score (nSPS) is 19.3. The van der Waals surface area contributed by atoms with Crippen LogP contribution in [0.4, 0.5) is 11.6 Å². The minimum Gasteiger partial charge on any atom is -0.383 e. The fourth-order valence-corrected chi connectivity index (χ4v) is 6.55. The molecule has 5 heterocycles. The first-order chi connectivity index (χ1) is 18.4. The van der Waals surface area contributed by atoms with Crippen LogP contribution in [0.2, 0.25) is 5.02 Å². The van der Waals surface area contributed by atoms with Crippen molar-refractivity contribution >= 4 is 56.9 Å². The van der Waals surface area contributed by atoms with E-state index in [2.05, 4.69) is 39.7 Å². The van der Waals surface area contributed by atoms with Crippen LogP contribution in [0.3, 0.4) is 0 Å². The lowest BCUT2D eigenvalue weighted by atomic mass is 9.99. The summed E-state index contributed by atoms with van der Waals surface area (Å²) >= 11 is 8.26. The third-order valence-corrected chi connectivity index (χ3v) is 8.97. The molecule has 1 atom stereocenters. The monoisotopic (exact) mass is 551 g/mol. The fraction of sp³-hybridized carbons (Fsp3) is 0.481. The van der Waals surface area contributed by atoms with Gasteiger partial charge >= 0.3 is 0 Å². The number of likely N-dealkylation sites (tertiary alicyclic amines) is 1. The second-order valence-electron chi connectivity index (χ2n) is 10.6. The first-order valence-electron chi connectivity index (χ1n) is 13.4. The maximum Gasteiger partial charge on any atom is 0.196 e. The van der Waals surface area contributed by atoms with Crippen molar-refractivity contribution in [2.24, 2.45) is 11.7 Å². The Kier molecular flexibility index (Phi) is 7.07. The van der Waals surface area contributed by atoms with E-state index in [4.69, 9.17) is 38.0 Å². The van der Waals surface area contributed by atoms with Crippen LogP contribution in [0.25, 0.3) is 21.9 Å². The van der Waals surface area contributed by atoms with Crippen molar-refractivity contribution in [2.45, 2.75) is 62.2 Å². The number of aromatic amines is 1. The number of benzene rings is 1. The van der Waals surface area contributed by atoms with Gasteiger partial charge in [0.2, 0.25) is 0 Å². The molecular formula is C27H34ClN9S. The summed E-state index contributed by atoms with van der Waals surface area (Å²) in [5.74, 6) is 2.92. The number of nitrogens with two attached hydrogens (primary N) is 2. The van der Waals surface area contributed by atoms with Gasteiger partial charge in [0.1, 0.15) is 23.1 Å². The number of nitrogens with one attached hydrogen (secondary N) is 1. The summed E-state index contributed by atoms with van der Waals surface area (Å²) in [7, 11) is 0. The number of H-pyrrole nitrogens is 1. The predicted molar refractivity (Wildman–Crippen MR) is 155 cm³/mol. The highest BCUT2D eigenvalue weighted by atomic mass is 35.5. The number of piperidine rings is 1. The summed E-state index contributed by atoms with van der Waals surface area (Å²) in [6, 6.07) is 6.20. The van der Waals surface area contributed by atoms with E-state index in [-0.39, 0.29) is 6.04 Å². The van der Waals surface area contributed by atoms with Gasteiger partial charge in [-0.05, 0) is 74.7 Å². The topological polar surface area (TPSA) is 126 Å². The maximum absolute atomic E-state index is 6.76. The van der Waals surface area contributed by atoms with Crippen LogP contribution in [0, 0.1) is 5.92 Å². The molecule has 0 unspecified atom stereocenters. The lowest BCUT2D eigenvalue weighted by molar-refractivity contribution is 0.181. The first-order valence-corrected chi connectivity index (χ1v) is 14.6. The van der Waals surface area contributed by atoms with Crippen molar-refractivity contribution in [3.63, 3.8) is 0 Å². The number of aromatic nitrogens is 5. The van der Waals surface area contributed by atoms with Crippen LogP contribution in [-0.2, 0) is 13.0 Å². The molecule has 11 heteroatoms. The van der Waals surface area contributed by atoms with Gasteiger partial charge in [-0.3, -0.25) is 4.90 Å². The van der Waals surface area contributed by atoms with Gasteiger partial charge in [-0.2, -0.15) is 0 Å². The minimum absolute atomic E-state index is 0.132. The summed E-state index contributed by atoms with van der Waals surface area (Å²) in [6.45, 7) is 8.87. The number of rotatable bonds is 6. The molecule has 0 radical (unpaired) electrons. The van der Waals surface area contributed by atoms with Crippen LogP contribution < -0.4 is 16.4 Å². The molecule has 0 amide bonds. The quantitative estimate of drug-likeness (QED) is 0.294. The molecule has 0 spiro atoms. The van der Waals surface area contributed by atoms with Crippen molar-refractivity contribution < 1.29 is 0 Å². The molecular weight excluding hydrogens is 518 g/mol. The second kappa shape index (κ2) is 10.5. The molecule has 2 fully saturated rings. The Morgan fingerprint density at radius 3 is 2.66 bits per heavy atom. The van der Waals surface area contributed by atoms with E-state index in [0.717, 1.165) is 95.7 Å². The van der Waals surface area contributed by atoms with Gasteiger partial charge in [0.15, 0.2) is 5.16 Å². The fourth-order valence-electron chi connectivity index (χ4n) is 5.41. The molecule has 5 N–H and O–H groups in total. The maximum atomic E-state index is 6.76. The van der Waals surface area contributed by atoms with E-state index >= 15 is 0 Å². The van der Waals surface area contributed by atoms with Crippen molar-refractivity contribution in [3.8, 4) is 0 Å². The number of nitrogens with zero attached hydrogens (tertiary/aromatic N) is 6. The zero-order chi connectivity index (χ0) is 26.4. The predicted octanol–water partition coefficient (Wildman–Crippen LogP) is 4.62. The Labute approximate surface area is 231 Å². The Bertz CT molecular complexity index is 1480. The molecule has 3 aromatic heterocycles. The number of hydrogen-bond acceptors (Lipinski definition) is 9. The first kappa shape index (κ1) is 25.6. The number of fused-ring (bicyclic) bond motifs is 2. The number of halogens is 1. The van der Waals surface area contributed by atoms with Crippen molar-refractivity contribution in [2.75, 3.05) is 36.8 Å². The number of nitrogen functional groups attached to an aromatic ring is 1. The van der Waals surface area contributed by atoms with Crippen LogP contribution in [-0.4, -0.2) is 62.0 Å². The van der Waals surface area contributed by atoms with E-state index in [1.54, 1.807) is 0 Å². The lowest BCUT2D eigenvalue weighted by Gasteiger charge is -2.29. The molecule has 0 saturated carbocycles. The van der Waals surface area contributed by atoms with E-state index in [1.165, 1.54) is 24.6 Å². The van der Waals surface area contributed by atoms with E-state index < -0.39 is 0 Å². The van der Waals surface area contributed by atoms with Crippen LogP contribution in [0.15, 0.2) is 28.3 Å². The zero-order valence-electron chi connectivity index (χ0n) is 21.9. The van der Waals surface area contributed by atoms with Crippen LogP contribution in [0.1, 0.15) is 44.6 Å². The SMILES string of the molecule is CCc1[nH]c2nc(Sc3ccc4c(N)nc(CN5CCC(C)CC5)nc4c3)nc(N3CC[C@H](N)C3)c2c1Cl.